The molecule has 0 radical (unpaired) electrons. The molecule has 0 unspecified atom stereocenters. The molecule has 0 saturated heterocycles. The third-order valence-electron chi connectivity index (χ3n) is 2.83. The van der Waals surface area contributed by atoms with Gasteiger partial charge in [0.05, 0.1) is 5.69 Å². The first kappa shape index (κ1) is 11.8. The summed E-state index contributed by atoms with van der Waals surface area (Å²) >= 11 is 0. The highest BCUT2D eigenvalue weighted by atomic mass is 14.9. The SMILES string of the molecule is Cc1cccc(CNCc2ccccc2C)n1. The second-order valence-electron chi connectivity index (χ2n) is 4.30. The van der Waals surface area contributed by atoms with Gasteiger partial charge in [-0.15, -0.1) is 0 Å². The van der Waals surface area contributed by atoms with Crippen LogP contribution in [0.2, 0.25) is 0 Å². The van der Waals surface area contributed by atoms with Crippen LogP contribution in [-0.4, -0.2) is 4.98 Å². The molecule has 0 fully saturated rings. The molecule has 0 atom stereocenters. The predicted molar refractivity (Wildman–Crippen MR) is 70.7 cm³/mol. The monoisotopic (exact) mass is 226 g/mol. The van der Waals surface area contributed by atoms with Crippen LogP contribution in [0.25, 0.3) is 0 Å². The maximum atomic E-state index is 4.46. The number of aryl methyl sites for hydroxylation is 2. The average Bonchev–Trinajstić information content (AvgIpc) is 2.32. The summed E-state index contributed by atoms with van der Waals surface area (Å²) in [6.45, 7) is 5.87. The van der Waals surface area contributed by atoms with E-state index in [1.54, 1.807) is 0 Å². The van der Waals surface area contributed by atoms with E-state index in [1.165, 1.54) is 11.1 Å². The second-order valence-corrected chi connectivity index (χ2v) is 4.30. The van der Waals surface area contributed by atoms with Gasteiger partial charge in [0.25, 0.3) is 0 Å². The Morgan fingerprint density at radius 1 is 0.941 bits per heavy atom. The van der Waals surface area contributed by atoms with Gasteiger partial charge in [-0.2, -0.15) is 0 Å². The molecule has 0 aliphatic carbocycles. The van der Waals surface area contributed by atoms with Crippen molar-refractivity contribution in [1.29, 1.82) is 0 Å². The van der Waals surface area contributed by atoms with Crippen molar-refractivity contribution in [2.75, 3.05) is 0 Å². The predicted octanol–water partition coefficient (Wildman–Crippen LogP) is 2.99. The van der Waals surface area contributed by atoms with Gasteiger partial charge in [0.15, 0.2) is 0 Å². The summed E-state index contributed by atoms with van der Waals surface area (Å²) in [7, 11) is 0. The first-order chi connectivity index (χ1) is 8.25. The van der Waals surface area contributed by atoms with Crippen LogP contribution < -0.4 is 5.32 Å². The van der Waals surface area contributed by atoms with Crippen LogP contribution in [-0.2, 0) is 13.1 Å². The van der Waals surface area contributed by atoms with Gasteiger partial charge >= 0.3 is 0 Å². The van der Waals surface area contributed by atoms with Gasteiger partial charge in [0.2, 0.25) is 0 Å². The number of benzene rings is 1. The van der Waals surface area contributed by atoms with E-state index >= 15 is 0 Å². The Labute approximate surface area is 103 Å². The quantitative estimate of drug-likeness (QED) is 0.867. The zero-order valence-electron chi connectivity index (χ0n) is 10.4. The van der Waals surface area contributed by atoms with Crippen molar-refractivity contribution in [1.82, 2.24) is 10.3 Å². The average molecular weight is 226 g/mol. The van der Waals surface area contributed by atoms with Crippen LogP contribution in [0.5, 0.6) is 0 Å². The molecule has 0 bridgehead atoms. The van der Waals surface area contributed by atoms with E-state index in [2.05, 4.69) is 47.6 Å². The third kappa shape index (κ3) is 3.40. The Morgan fingerprint density at radius 3 is 2.53 bits per heavy atom. The van der Waals surface area contributed by atoms with Crippen molar-refractivity contribution >= 4 is 0 Å². The second kappa shape index (κ2) is 5.60. The molecule has 0 aliphatic rings. The lowest BCUT2D eigenvalue weighted by molar-refractivity contribution is 0.675. The molecule has 88 valence electrons. The highest BCUT2D eigenvalue weighted by molar-refractivity contribution is 5.25. The summed E-state index contributed by atoms with van der Waals surface area (Å²) in [5.74, 6) is 0. The number of rotatable bonds is 4. The van der Waals surface area contributed by atoms with Crippen molar-refractivity contribution in [3.05, 3.63) is 65.0 Å². The number of hydrogen-bond acceptors (Lipinski definition) is 2. The Morgan fingerprint density at radius 2 is 1.76 bits per heavy atom. The van der Waals surface area contributed by atoms with Gasteiger partial charge in [-0.25, -0.2) is 0 Å². The van der Waals surface area contributed by atoms with E-state index in [1.807, 2.05) is 19.1 Å². The minimum atomic E-state index is 0.815. The largest absolute Gasteiger partial charge is 0.307 e. The molecular weight excluding hydrogens is 208 g/mol. The van der Waals surface area contributed by atoms with Gasteiger partial charge in [-0.1, -0.05) is 30.3 Å². The zero-order valence-corrected chi connectivity index (χ0v) is 10.4. The van der Waals surface area contributed by atoms with Crippen molar-refractivity contribution < 1.29 is 0 Å². The van der Waals surface area contributed by atoms with Crippen LogP contribution in [0, 0.1) is 13.8 Å². The fourth-order valence-corrected chi connectivity index (χ4v) is 1.83. The van der Waals surface area contributed by atoms with Gasteiger partial charge in [0, 0.05) is 18.8 Å². The van der Waals surface area contributed by atoms with Crippen LogP contribution in [0.15, 0.2) is 42.5 Å². The molecule has 2 aromatic rings. The highest BCUT2D eigenvalue weighted by Crippen LogP contribution is 2.06. The molecule has 1 heterocycles. The van der Waals surface area contributed by atoms with Gasteiger partial charge < -0.3 is 5.32 Å². The highest BCUT2D eigenvalue weighted by Gasteiger charge is 1.98. The lowest BCUT2D eigenvalue weighted by Crippen LogP contribution is -2.14. The summed E-state index contributed by atoms with van der Waals surface area (Å²) < 4.78 is 0. The van der Waals surface area contributed by atoms with Crippen molar-refractivity contribution in [2.24, 2.45) is 0 Å². The summed E-state index contributed by atoms with van der Waals surface area (Å²) in [5, 5.41) is 3.42. The first-order valence-electron chi connectivity index (χ1n) is 5.93. The smallest absolute Gasteiger partial charge is 0.0544 e. The standard InChI is InChI=1S/C15H18N2/c1-12-6-3-4-8-14(12)10-16-11-15-9-5-7-13(2)17-15/h3-9,16H,10-11H2,1-2H3. The van der Waals surface area contributed by atoms with Gasteiger partial charge in [-0.3, -0.25) is 4.98 Å². The fraction of sp³-hybridized carbons (Fsp3) is 0.267. The molecule has 1 N–H and O–H groups in total. The van der Waals surface area contributed by atoms with Crippen LogP contribution in [0.1, 0.15) is 22.5 Å². The summed E-state index contributed by atoms with van der Waals surface area (Å²) in [5.41, 5.74) is 4.84. The molecule has 1 aromatic carbocycles. The first-order valence-corrected chi connectivity index (χ1v) is 5.93. The normalized spacial score (nSPS) is 10.5. The van der Waals surface area contributed by atoms with Crippen molar-refractivity contribution in [3.63, 3.8) is 0 Å². The molecule has 0 saturated carbocycles. The Balaban J connectivity index is 1.90. The Bertz CT molecular complexity index is 492. The lowest BCUT2D eigenvalue weighted by Gasteiger charge is -2.07. The van der Waals surface area contributed by atoms with E-state index < -0.39 is 0 Å². The summed E-state index contributed by atoms with van der Waals surface area (Å²) in [6.07, 6.45) is 0. The number of aromatic nitrogens is 1. The fourth-order valence-electron chi connectivity index (χ4n) is 1.83. The zero-order chi connectivity index (χ0) is 12.1. The van der Waals surface area contributed by atoms with E-state index in [-0.39, 0.29) is 0 Å². The van der Waals surface area contributed by atoms with Crippen LogP contribution >= 0.6 is 0 Å². The lowest BCUT2D eigenvalue weighted by atomic mass is 10.1. The molecule has 2 nitrogen and oxygen atoms in total. The maximum Gasteiger partial charge on any atom is 0.0544 e. The molecule has 17 heavy (non-hydrogen) atoms. The number of pyridine rings is 1. The van der Waals surface area contributed by atoms with Crippen molar-refractivity contribution in [3.8, 4) is 0 Å². The maximum absolute atomic E-state index is 4.46. The summed E-state index contributed by atoms with van der Waals surface area (Å²) in [4.78, 5) is 4.46. The van der Waals surface area contributed by atoms with E-state index in [0.717, 1.165) is 24.5 Å². The molecule has 0 aliphatic heterocycles. The van der Waals surface area contributed by atoms with Gasteiger partial charge in [-0.05, 0) is 37.1 Å². The van der Waals surface area contributed by atoms with Crippen LogP contribution in [0.4, 0.5) is 0 Å². The van der Waals surface area contributed by atoms with Crippen molar-refractivity contribution in [2.45, 2.75) is 26.9 Å². The van der Waals surface area contributed by atoms with Gasteiger partial charge in [0.1, 0.15) is 0 Å². The molecule has 2 rings (SSSR count). The molecule has 1 aromatic heterocycles. The number of nitrogens with one attached hydrogen (secondary N) is 1. The summed E-state index contributed by atoms with van der Waals surface area (Å²) in [6, 6.07) is 14.6. The molecule has 0 amide bonds. The molecule has 0 spiro atoms. The van der Waals surface area contributed by atoms with E-state index in [4.69, 9.17) is 0 Å². The van der Waals surface area contributed by atoms with Crippen LogP contribution in [0.3, 0.4) is 0 Å². The van der Waals surface area contributed by atoms with E-state index in [9.17, 15) is 0 Å². The minimum absolute atomic E-state index is 0.815. The number of hydrogen-bond donors (Lipinski definition) is 1. The minimum Gasteiger partial charge on any atom is -0.307 e. The number of nitrogens with zero attached hydrogens (tertiary/aromatic N) is 1. The van der Waals surface area contributed by atoms with E-state index in [0.29, 0.717) is 0 Å². The Hall–Kier alpha value is -1.67. The molecule has 2 heteroatoms. The topological polar surface area (TPSA) is 24.9 Å². The Kier molecular flexibility index (Phi) is 3.89. The molecular formula is C15H18N2. The third-order valence-corrected chi connectivity index (χ3v) is 2.83.